The van der Waals surface area contributed by atoms with Crippen molar-refractivity contribution >= 4 is 28.6 Å². The first-order valence-electron chi connectivity index (χ1n) is 7.20. The Morgan fingerprint density at radius 2 is 1.91 bits per heavy atom. The lowest BCUT2D eigenvalue weighted by Gasteiger charge is -2.09. The Hall–Kier alpha value is -2.26. The van der Waals surface area contributed by atoms with Gasteiger partial charge in [0.25, 0.3) is 0 Å². The number of aromatic nitrogens is 1. The molecule has 3 rings (SSSR count). The second-order valence-corrected chi connectivity index (χ2v) is 5.41. The predicted molar refractivity (Wildman–Crippen MR) is 88.6 cm³/mol. The van der Waals surface area contributed by atoms with Crippen LogP contribution in [0.25, 0.3) is 10.9 Å². The van der Waals surface area contributed by atoms with E-state index in [1.165, 1.54) is 0 Å². The minimum atomic E-state index is -0.370. The standard InChI is InChI=1S/C18H16ClNO2/c1-2-22-18(21)20-14(11-13-7-4-3-5-8-13)12-15-16(19)9-6-10-17(15)20/h3-10,12H,2,11H2,1H3. The molecule has 4 heteroatoms. The van der Waals surface area contributed by atoms with Gasteiger partial charge in [-0.25, -0.2) is 9.36 Å². The Morgan fingerprint density at radius 3 is 2.64 bits per heavy atom. The van der Waals surface area contributed by atoms with Crippen molar-refractivity contribution in [2.45, 2.75) is 13.3 Å². The van der Waals surface area contributed by atoms with Crippen LogP contribution in [0.5, 0.6) is 0 Å². The molecule has 22 heavy (non-hydrogen) atoms. The molecule has 2 aromatic carbocycles. The average molecular weight is 314 g/mol. The van der Waals surface area contributed by atoms with E-state index in [1.54, 1.807) is 11.5 Å². The maximum Gasteiger partial charge on any atom is 0.418 e. The normalized spacial score (nSPS) is 10.8. The number of halogens is 1. The Morgan fingerprint density at radius 1 is 1.14 bits per heavy atom. The van der Waals surface area contributed by atoms with Crippen molar-refractivity contribution in [2.75, 3.05) is 6.61 Å². The highest BCUT2D eigenvalue weighted by Crippen LogP contribution is 2.28. The van der Waals surface area contributed by atoms with Crippen molar-refractivity contribution in [3.8, 4) is 0 Å². The van der Waals surface area contributed by atoms with Crippen LogP contribution in [-0.2, 0) is 11.2 Å². The largest absolute Gasteiger partial charge is 0.449 e. The molecule has 0 unspecified atom stereocenters. The van der Waals surface area contributed by atoms with Crippen molar-refractivity contribution in [1.82, 2.24) is 4.57 Å². The number of rotatable bonds is 3. The average Bonchev–Trinajstić information content (AvgIpc) is 2.88. The molecule has 0 aliphatic rings. The van der Waals surface area contributed by atoms with E-state index in [2.05, 4.69) is 0 Å². The van der Waals surface area contributed by atoms with E-state index >= 15 is 0 Å². The first-order chi connectivity index (χ1) is 10.7. The van der Waals surface area contributed by atoms with Crippen LogP contribution in [0.1, 0.15) is 18.2 Å². The summed E-state index contributed by atoms with van der Waals surface area (Å²) in [4.78, 5) is 12.3. The molecular weight excluding hydrogens is 298 g/mol. The van der Waals surface area contributed by atoms with Gasteiger partial charge < -0.3 is 4.74 Å². The zero-order valence-electron chi connectivity index (χ0n) is 12.3. The monoisotopic (exact) mass is 313 g/mol. The van der Waals surface area contributed by atoms with E-state index in [9.17, 15) is 4.79 Å². The Bertz CT molecular complexity index is 809. The second-order valence-electron chi connectivity index (χ2n) is 5.01. The van der Waals surface area contributed by atoms with Gasteiger partial charge in [0, 0.05) is 22.5 Å². The summed E-state index contributed by atoms with van der Waals surface area (Å²) in [6, 6.07) is 17.5. The zero-order valence-corrected chi connectivity index (χ0v) is 13.0. The highest BCUT2D eigenvalue weighted by Gasteiger charge is 2.17. The number of carbonyl (C=O) groups excluding carboxylic acids is 1. The maximum absolute atomic E-state index is 12.3. The minimum absolute atomic E-state index is 0.337. The lowest BCUT2D eigenvalue weighted by molar-refractivity contribution is 0.154. The Kier molecular flexibility index (Phi) is 4.16. The summed E-state index contributed by atoms with van der Waals surface area (Å²) in [7, 11) is 0. The summed E-state index contributed by atoms with van der Waals surface area (Å²) in [6.45, 7) is 2.14. The molecule has 0 saturated carbocycles. The fraction of sp³-hybridized carbons (Fsp3) is 0.167. The third kappa shape index (κ3) is 2.72. The van der Waals surface area contributed by atoms with Gasteiger partial charge in [0.15, 0.2) is 0 Å². The molecule has 0 aliphatic carbocycles. The molecule has 1 heterocycles. The van der Waals surface area contributed by atoms with Gasteiger partial charge in [-0.1, -0.05) is 48.0 Å². The molecule has 0 bridgehead atoms. The molecule has 112 valence electrons. The van der Waals surface area contributed by atoms with Crippen molar-refractivity contribution < 1.29 is 9.53 Å². The van der Waals surface area contributed by atoms with E-state index < -0.39 is 0 Å². The van der Waals surface area contributed by atoms with Gasteiger partial charge in [0.1, 0.15) is 0 Å². The lowest BCUT2D eigenvalue weighted by atomic mass is 10.1. The van der Waals surface area contributed by atoms with Gasteiger partial charge in [-0.05, 0) is 30.7 Å². The van der Waals surface area contributed by atoms with Crippen molar-refractivity contribution in [3.63, 3.8) is 0 Å². The van der Waals surface area contributed by atoms with E-state index in [-0.39, 0.29) is 6.09 Å². The minimum Gasteiger partial charge on any atom is -0.449 e. The predicted octanol–water partition coefficient (Wildman–Crippen LogP) is 4.89. The quantitative estimate of drug-likeness (QED) is 0.689. The molecule has 0 radical (unpaired) electrons. The van der Waals surface area contributed by atoms with Crippen LogP contribution in [0.4, 0.5) is 4.79 Å². The van der Waals surface area contributed by atoms with Crippen LogP contribution < -0.4 is 0 Å². The van der Waals surface area contributed by atoms with Gasteiger partial charge in [0.2, 0.25) is 0 Å². The zero-order chi connectivity index (χ0) is 15.5. The van der Waals surface area contributed by atoms with Crippen molar-refractivity contribution in [2.24, 2.45) is 0 Å². The van der Waals surface area contributed by atoms with E-state index in [4.69, 9.17) is 16.3 Å². The van der Waals surface area contributed by atoms with E-state index in [0.29, 0.717) is 18.1 Å². The third-order valence-electron chi connectivity index (χ3n) is 3.55. The Labute approximate surface area is 134 Å². The number of hydrogen-bond acceptors (Lipinski definition) is 2. The number of hydrogen-bond donors (Lipinski definition) is 0. The van der Waals surface area contributed by atoms with Crippen LogP contribution in [0.2, 0.25) is 5.02 Å². The van der Waals surface area contributed by atoms with Crippen LogP contribution >= 0.6 is 11.6 Å². The highest BCUT2D eigenvalue weighted by atomic mass is 35.5. The molecule has 0 fully saturated rings. The molecule has 0 amide bonds. The number of fused-ring (bicyclic) bond motifs is 1. The second kappa shape index (κ2) is 6.24. The molecule has 3 nitrogen and oxygen atoms in total. The fourth-order valence-corrected chi connectivity index (χ4v) is 2.81. The topological polar surface area (TPSA) is 31.2 Å². The summed E-state index contributed by atoms with van der Waals surface area (Å²) in [6.07, 6.45) is 0.274. The Balaban J connectivity index is 2.13. The number of benzene rings is 2. The molecule has 0 saturated heterocycles. The smallest absolute Gasteiger partial charge is 0.418 e. The van der Waals surface area contributed by atoms with Gasteiger partial charge in [-0.15, -0.1) is 0 Å². The van der Waals surface area contributed by atoms with Gasteiger partial charge in [0.05, 0.1) is 12.1 Å². The SMILES string of the molecule is CCOC(=O)n1c(Cc2ccccc2)cc2c(Cl)cccc21. The maximum atomic E-state index is 12.3. The van der Waals surface area contributed by atoms with Crippen LogP contribution in [-0.4, -0.2) is 17.3 Å². The van der Waals surface area contributed by atoms with E-state index in [0.717, 1.165) is 22.2 Å². The first kappa shape index (κ1) is 14.7. The lowest BCUT2D eigenvalue weighted by Crippen LogP contribution is -2.16. The number of carbonyl (C=O) groups is 1. The summed E-state index contributed by atoms with van der Waals surface area (Å²) < 4.78 is 6.80. The fourth-order valence-electron chi connectivity index (χ4n) is 2.59. The number of ether oxygens (including phenoxy) is 1. The van der Waals surface area contributed by atoms with E-state index in [1.807, 2.05) is 54.6 Å². The third-order valence-corrected chi connectivity index (χ3v) is 3.88. The summed E-state index contributed by atoms with van der Waals surface area (Å²) >= 11 is 6.26. The number of nitrogens with zero attached hydrogens (tertiary/aromatic N) is 1. The molecular formula is C18H16ClNO2. The van der Waals surface area contributed by atoms with Crippen molar-refractivity contribution in [3.05, 3.63) is 70.9 Å². The first-order valence-corrected chi connectivity index (χ1v) is 7.58. The molecule has 1 aromatic heterocycles. The highest BCUT2D eigenvalue weighted by molar-refractivity contribution is 6.35. The van der Waals surface area contributed by atoms with Gasteiger partial charge >= 0.3 is 6.09 Å². The molecule has 0 aliphatic heterocycles. The van der Waals surface area contributed by atoms with Gasteiger partial charge in [-0.2, -0.15) is 0 Å². The summed E-state index contributed by atoms with van der Waals surface area (Å²) in [5, 5.41) is 1.50. The van der Waals surface area contributed by atoms with Crippen LogP contribution in [0.15, 0.2) is 54.6 Å². The summed E-state index contributed by atoms with van der Waals surface area (Å²) in [5.74, 6) is 0. The van der Waals surface area contributed by atoms with Gasteiger partial charge in [-0.3, -0.25) is 0 Å². The molecule has 0 N–H and O–H groups in total. The molecule has 0 atom stereocenters. The molecule has 0 spiro atoms. The molecule has 3 aromatic rings. The van der Waals surface area contributed by atoms with Crippen molar-refractivity contribution in [1.29, 1.82) is 0 Å². The van der Waals surface area contributed by atoms with Crippen LogP contribution in [0, 0.1) is 0 Å². The van der Waals surface area contributed by atoms with Crippen LogP contribution in [0.3, 0.4) is 0 Å². The summed E-state index contributed by atoms with van der Waals surface area (Å²) in [5.41, 5.74) is 2.77.